The third-order valence-corrected chi connectivity index (χ3v) is 4.28. The predicted molar refractivity (Wildman–Crippen MR) is 95.4 cm³/mol. The van der Waals surface area contributed by atoms with E-state index in [4.69, 9.17) is 4.74 Å². The molecule has 0 radical (unpaired) electrons. The Hall–Kier alpha value is -2.28. The van der Waals surface area contributed by atoms with Crippen LogP contribution in [0, 0.1) is 17.2 Å². The molecule has 0 aromatic heterocycles. The summed E-state index contributed by atoms with van der Waals surface area (Å²) in [6, 6.07) is 9.54. The number of ether oxygens (including phenoxy) is 1. The molecule has 0 heterocycles. The largest absolute Gasteiger partial charge is 0.493 e. The molecule has 2 rings (SSSR count). The first-order valence-corrected chi connectivity index (χ1v) is 8.85. The molecule has 24 heavy (non-hydrogen) atoms. The van der Waals surface area contributed by atoms with Gasteiger partial charge < -0.3 is 10.1 Å². The van der Waals surface area contributed by atoms with Gasteiger partial charge in [-0.3, -0.25) is 4.79 Å². The highest BCUT2D eigenvalue weighted by atomic mass is 16.5. The Kier molecular flexibility index (Phi) is 7.35. The van der Waals surface area contributed by atoms with E-state index in [2.05, 4.69) is 5.32 Å². The average molecular weight is 326 g/mol. The van der Waals surface area contributed by atoms with Crippen molar-refractivity contribution in [2.75, 3.05) is 13.2 Å². The van der Waals surface area contributed by atoms with E-state index in [-0.39, 0.29) is 11.5 Å². The van der Waals surface area contributed by atoms with Crippen molar-refractivity contribution in [1.29, 1.82) is 5.26 Å². The molecule has 1 aliphatic rings. The maximum atomic E-state index is 11.9. The zero-order valence-corrected chi connectivity index (χ0v) is 14.4. The lowest BCUT2D eigenvalue weighted by Gasteiger charge is -2.21. The number of nitrogens with zero attached hydrogens (tertiary/aromatic N) is 1. The lowest BCUT2D eigenvalue weighted by molar-refractivity contribution is -0.117. The molecular weight excluding hydrogens is 300 g/mol. The van der Waals surface area contributed by atoms with Crippen LogP contribution < -0.4 is 10.1 Å². The number of nitriles is 1. The van der Waals surface area contributed by atoms with Crippen LogP contribution in [0.4, 0.5) is 0 Å². The molecular formula is C20H26N2O2. The summed E-state index contributed by atoms with van der Waals surface area (Å²) in [6.07, 6.45) is 8.89. The summed E-state index contributed by atoms with van der Waals surface area (Å²) in [5, 5.41) is 11.9. The van der Waals surface area contributed by atoms with Crippen molar-refractivity contribution in [1.82, 2.24) is 5.32 Å². The van der Waals surface area contributed by atoms with Gasteiger partial charge >= 0.3 is 0 Å². The summed E-state index contributed by atoms with van der Waals surface area (Å²) in [5.74, 6) is 1.11. The van der Waals surface area contributed by atoms with E-state index in [9.17, 15) is 10.1 Å². The van der Waals surface area contributed by atoms with E-state index in [1.54, 1.807) is 6.08 Å². The fraction of sp³-hybridized carbons (Fsp3) is 0.500. The highest BCUT2D eigenvalue weighted by Gasteiger charge is 2.14. The number of hydrogen-bond donors (Lipinski definition) is 1. The van der Waals surface area contributed by atoms with Gasteiger partial charge in [-0.05, 0) is 49.0 Å². The number of benzene rings is 1. The molecule has 1 amide bonds. The number of carbonyl (C=O) groups excluding carboxylic acids is 1. The Morgan fingerprint density at radius 3 is 2.88 bits per heavy atom. The molecule has 4 heteroatoms. The third-order valence-electron chi connectivity index (χ3n) is 4.28. The van der Waals surface area contributed by atoms with Gasteiger partial charge in [-0.15, -0.1) is 0 Å². The minimum Gasteiger partial charge on any atom is -0.493 e. The van der Waals surface area contributed by atoms with E-state index in [1.165, 1.54) is 32.1 Å². The Labute approximate surface area is 144 Å². The molecule has 1 aromatic rings. The fourth-order valence-electron chi connectivity index (χ4n) is 2.91. The summed E-state index contributed by atoms with van der Waals surface area (Å²) in [5.41, 5.74) is 0.923. The van der Waals surface area contributed by atoms with Crippen LogP contribution in [0.2, 0.25) is 0 Å². The molecule has 0 bridgehead atoms. The van der Waals surface area contributed by atoms with E-state index >= 15 is 0 Å². The Balaban J connectivity index is 1.98. The standard InChI is InChI=1S/C20H26N2O2/c1-2-11-22-20(23)18(14-21)12-17-9-6-10-19(13-17)24-15-16-7-4-3-5-8-16/h6,9-10,12-13,16H,2-5,7-8,11,15H2,1H3,(H,22,23)/b18-12+. The fourth-order valence-corrected chi connectivity index (χ4v) is 2.91. The molecule has 0 spiro atoms. The quantitative estimate of drug-likeness (QED) is 0.606. The topological polar surface area (TPSA) is 62.1 Å². The Morgan fingerprint density at radius 1 is 1.38 bits per heavy atom. The van der Waals surface area contributed by atoms with Crippen molar-refractivity contribution in [2.45, 2.75) is 45.4 Å². The van der Waals surface area contributed by atoms with Crippen LogP contribution >= 0.6 is 0 Å². The molecule has 4 nitrogen and oxygen atoms in total. The highest BCUT2D eigenvalue weighted by molar-refractivity contribution is 6.01. The van der Waals surface area contributed by atoms with Crippen molar-refractivity contribution in [3.8, 4) is 11.8 Å². The molecule has 1 fully saturated rings. The monoisotopic (exact) mass is 326 g/mol. The molecule has 0 unspecified atom stereocenters. The van der Waals surface area contributed by atoms with E-state index < -0.39 is 0 Å². The van der Waals surface area contributed by atoms with Crippen molar-refractivity contribution in [2.24, 2.45) is 5.92 Å². The first-order valence-electron chi connectivity index (χ1n) is 8.85. The lowest BCUT2D eigenvalue weighted by atomic mass is 9.90. The number of hydrogen-bond acceptors (Lipinski definition) is 3. The van der Waals surface area contributed by atoms with Crippen LogP contribution in [-0.4, -0.2) is 19.1 Å². The summed E-state index contributed by atoms with van der Waals surface area (Å²) >= 11 is 0. The van der Waals surface area contributed by atoms with Crippen LogP contribution in [0.3, 0.4) is 0 Å². The van der Waals surface area contributed by atoms with E-state index in [0.717, 1.165) is 24.3 Å². The van der Waals surface area contributed by atoms with E-state index in [1.807, 2.05) is 37.3 Å². The number of carbonyl (C=O) groups is 1. The van der Waals surface area contributed by atoms with Crippen LogP contribution in [0.5, 0.6) is 5.75 Å². The van der Waals surface area contributed by atoms with Crippen molar-refractivity contribution >= 4 is 12.0 Å². The molecule has 1 saturated carbocycles. The van der Waals surface area contributed by atoms with Gasteiger partial charge in [0.15, 0.2) is 0 Å². The summed E-state index contributed by atoms with van der Waals surface area (Å²) in [6.45, 7) is 3.29. The highest BCUT2D eigenvalue weighted by Crippen LogP contribution is 2.25. The zero-order valence-electron chi connectivity index (χ0n) is 14.4. The molecule has 1 aliphatic carbocycles. The summed E-state index contributed by atoms with van der Waals surface area (Å²) in [4.78, 5) is 11.9. The van der Waals surface area contributed by atoms with E-state index in [0.29, 0.717) is 12.5 Å². The zero-order chi connectivity index (χ0) is 17.2. The predicted octanol–water partition coefficient (Wildman–Crippen LogP) is 4.08. The third kappa shape index (κ3) is 5.73. The van der Waals surface area contributed by atoms with Gasteiger partial charge in [-0.25, -0.2) is 0 Å². The number of nitrogens with one attached hydrogen (secondary N) is 1. The van der Waals surface area contributed by atoms with Gasteiger partial charge in [-0.2, -0.15) is 5.26 Å². The Morgan fingerprint density at radius 2 is 2.17 bits per heavy atom. The van der Waals surface area contributed by atoms with Crippen LogP contribution in [0.25, 0.3) is 6.08 Å². The summed E-state index contributed by atoms with van der Waals surface area (Å²) < 4.78 is 5.91. The van der Waals surface area contributed by atoms with Gasteiger partial charge in [0.2, 0.25) is 0 Å². The molecule has 0 atom stereocenters. The molecule has 0 saturated heterocycles. The minimum atomic E-state index is -0.326. The van der Waals surface area contributed by atoms with Gasteiger partial charge in [0.25, 0.3) is 5.91 Å². The Bertz CT molecular complexity index is 610. The minimum absolute atomic E-state index is 0.118. The molecule has 1 N–H and O–H groups in total. The van der Waals surface area contributed by atoms with Crippen molar-refractivity contribution < 1.29 is 9.53 Å². The normalized spacial score (nSPS) is 15.6. The second-order valence-electron chi connectivity index (χ2n) is 6.31. The van der Waals surface area contributed by atoms with Gasteiger partial charge in [0.05, 0.1) is 6.61 Å². The SMILES string of the molecule is CCCNC(=O)/C(C#N)=C/c1cccc(OCC2CCCCC2)c1. The average Bonchev–Trinajstić information content (AvgIpc) is 2.63. The molecule has 0 aliphatic heterocycles. The van der Waals surface area contributed by atoms with Gasteiger partial charge in [-0.1, -0.05) is 38.3 Å². The maximum Gasteiger partial charge on any atom is 0.261 e. The van der Waals surface area contributed by atoms with Crippen molar-refractivity contribution in [3.05, 3.63) is 35.4 Å². The van der Waals surface area contributed by atoms with Crippen molar-refractivity contribution in [3.63, 3.8) is 0 Å². The number of rotatable bonds is 7. The summed E-state index contributed by atoms with van der Waals surface area (Å²) in [7, 11) is 0. The second-order valence-corrected chi connectivity index (χ2v) is 6.31. The molecule has 1 aromatic carbocycles. The van der Waals surface area contributed by atoms with Gasteiger partial charge in [0.1, 0.15) is 17.4 Å². The first-order chi connectivity index (χ1) is 11.7. The first kappa shape index (κ1) is 18.1. The van der Waals surface area contributed by atoms with Crippen LogP contribution in [0.15, 0.2) is 29.8 Å². The smallest absolute Gasteiger partial charge is 0.261 e. The van der Waals surface area contributed by atoms with Gasteiger partial charge in [0, 0.05) is 6.54 Å². The molecule has 128 valence electrons. The lowest BCUT2D eigenvalue weighted by Crippen LogP contribution is -2.25. The second kappa shape index (κ2) is 9.77. The van der Waals surface area contributed by atoms with Crippen LogP contribution in [-0.2, 0) is 4.79 Å². The number of amides is 1. The van der Waals surface area contributed by atoms with Crippen LogP contribution in [0.1, 0.15) is 51.0 Å². The maximum absolute atomic E-state index is 11.9.